The van der Waals surface area contributed by atoms with Gasteiger partial charge >= 0.3 is 0 Å². The molecule has 0 fully saturated rings. The van der Waals surface area contributed by atoms with Gasteiger partial charge in [0.2, 0.25) is 0 Å². The van der Waals surface area contributed by atoms with Crippen LogP contribution in [0.3, 0.4) is 0 Å². The molecule has 1 aromatic rings. The van der Waals surface area contributed by atoms with E-state index in [4.69, 9.17) is 0 Å². The first-order chi connectivity index (χ1) is 7.91. The van der Waals surface area contributed by atoms with E-state index in [9.17, 15) is 4.79 Å². The zero-order chi connectivity index (χ0) is 13.0. The average Bonchev–Trinajstić information content (AvgIpc) is 2.25. The lowest BCUT2D eigenvalue weighted by atomic mass is 10.1. The summed E-state index contributed by atoms with van der Waals surface area (Å²) in [5, 5.41) is 0. The maximum absolute atomic E-state index is 12.2. The Balaban J connectivity index is 2.75. The van der Waals surface area contributed by atoms with Crippen molar-refractivity contribution in [2.45, 2.75) is 27.2 Å². The van der Waals surface area contributed by atoms with Crippen molar-refractivity contribution in [3.63, 3.8) is 0 Å². The monoisotopic (exact) mass is 297 g/mol. The molecule has 0 spiro atoms. The fraction of sp³-hybridized carbons (Fsp3) is 0.500. The van der Waals surface area contributed by atoms with Gasteiger partial charge in [-0.1, -0.05) is 19.9 Å². The van der Waals surface area contributed by atoms with E-state index in [0.29, 0.717) is 5.92 Å². The van der Waals surface area contributed by atoms with Gasteiger partial charge in [0, 0.05) is 18.1 Å². The highest BCUT2D eigenvalue weighted by molar-refractivity contribution is 9.10. The smallest absolute Gasteiger partial charge is 0.254 e. The minimum atomic E-state index is 0.0810. The number of carbonyl (C=O) groups excluding carboxylic acids is 1. The normalized spacial score (nSPS) is 10.7. The summed E-state index contributed by atoms with van der Waals surface area (Å²) in [5.41, 5.74) is 1.89. The van der Waals surface area contributed by atoms with Gasteiger partial charge in [-0.25, -0.2) is 0 Å². The highest BCUT2D eigenvalue weighted by Gasteiger charge is 2.14. The van der Waals surface area contributed by atoms with Gasteiger partial charge in [-0.15, -0.1) is 0 Å². The number of amides is 1. The molecule has 0 aliphatic carbocycles. The molecule has 0 aliphatic rings. The van der Waals surface area contributed by atoms with Crippen LogP contribution in [0, 0.1) is 12.8 Å². The second-order valence-electron chi connectivity index (χ2n) is 4.89. The van der Waals surface area contributed by atoms with Crippen LogP contribution >= 0.6 is 15.9 Å². The minimum Gasteiger partial charge on any atom is -0.342 e. The summed E-state index contributed by atoms with van der Waals surface area (Å²) in [4.78, 5) is 14.0. The standard InChI is InChI=1S/C14H20BrNO/c1-10(2)7-8-16(4)14(17)12-6-5-11(3)9-13(12)15/h5-6,9-10H,7-8H2,1-4H3. The highest BCUT2D eigenvalue weighted by Crippen LogP contribution is 2.20. The molecule has 0 saturated carbocycles. The van der Waals surface area contributed by atoms with Gasteiger partial charge in [-0.3, -0.25) is 4.79 Å². The van der Waals surface area contributed by atoms with Crippen molar-refractivity contribution in [3.8, 4) is 0 Å². The number of hydrogen-bond acceptors (Lipinski definition) is 1. The Morgan fingerprint density at radius 3 is 2.59 bits per heavy atom. The van der Waals surface area contributed by atoms with E-state index < -0.39 is 0 Å². The van der Waals surface area contributed by atoms with Gasteiger partial charge in [0.25, 0.3) is 5.91 Å². The largest absolute Gasteiger partial charge is 0.342 e. The second kappa shape index (κ2) is 6.20. The molecule has 0 aromatic heterocycles. The SMILES string of the molecule is Cc1ccc(C(=O)N(C)CCC(C)C)c(Br)c1. The third-order valence-corrected chi connectivity index (χ3v) is 3.40. The Labute approximate surface area is 112 Å². The van der Waals surface area contributed by atoms with Gasteiger partial charge in [0.05, 0.1) is 5.56 Å². The molecule has 1 aromatic carbocycles. The number of rotatable bonds is 4. The van der Waals surface area contributed by atoms with E-state index in [0.717, 1.165) is 28.6 Å². The maximum atomic E-state index is 12.2. The van der Waals surface area contributed by atoms with Crippen LogP contribution in [0.5, 0.6) is 0 Å². The molecule has 94 valence electrons. The summed E-state index contributed by atoms with van der Waals surface area (Å²) in [5.74, 6) is 0.698. The molecule has 0 radical (unpaired) electrons. The number of halogens is 1. The summed E-state index contributed by atoms with van der Waals surface area (Å²) in [6, 6.07) is 5.82. The Hall–Kier alpha value is -0.830. The summed E-state index contributed by atoms with van der Waals surface area (Å²) < 4.78 is 0.874. The van der Waals surface area contributed by atoms with Crippen molar-refractivity contribution in [2.24, 2.45) is 5.92 Å². The van der Waals surface area contributed by atoms with Crippen LogP contribution in [0.15, 0.2) is 22.7 Å². The topological polar surface area (TPSA) is 20.3 Å². The molecule has 0 unspecified atom stereocenters. The molecule has 0 bridgehead atoms. The predicted molar refractivity (Wildman–Crippen MR) is 75.3 cm³/mol. The summed E-state index contributed by atoms with van der Waals surface area (Å²) in [6.45, 7) is 7.15. The molecule has 0 heterocycles. The first-order valence-electron chi connectivity index (χ1n) is 5.93. The number of aryl methyl sites for hydroxylation is 1. The van der Waals surface area contributed by atoms with Crippen LogP contribution in [-0.4, -0.2) is 24.4 Å². The van der Waals surface area contributed by atoms with Crippen LogP contribution in [-0.2, 0) is 0 Å². The summed E-state index contributed by atoms with van der Waals surface area (Å²) in [6.07, 6.45) is 1.03. The average molecular weight is 298 g/mol. The third-order valence-electron chi connectivity index (χ3n) is 2.74. The quantitative estimate of drug-likeness (QED) is 0.826. The molecule has 3 heteroatoms. The Kier molecular flexibility index (Phi) is 5.19. The molecule has 1 amide bonds. The number of benzene rings is 1. The van der Waals surface area contributed by atoms with Gasteiger partial charge in [-0.2, -0.15) is 0 Å². The molecular formula is C14H20BrNO. The van der Waals surface area contributed by atoms with Crippen LogP contribution in [0.25, 0.3) is 0 Å². The first-order valence-corrected chi connectivity index (χ1v) is 6.72. The number of nitrogens with zero attached hydrogens (tertiary/aromatic N) is 1. The van der Waals surface area contributed by atoms with Crippen molar-refractivity contribution in [1.29, 1.82) is 0 Å². The fourth-order valence-electron chi connectivity index (χ4n) is 1.55. The van der Waals surface area contributed by atoms with Gasteiger partial charge < -0.3 is 4.90 Å². The Morgan fingerprint density at radius 2 is 2.06 bits per heavy atom. The van der Waals surface area contributed by atoms with Crippen molar-refractivity contribution >= 4 is 21.8 Å². The Bertz CT molecular complexity index is 401. The van der Waals surface area contributed by atoms with Crippen LogP contribution in [0.1, 0.15) is 36.2 Å². The van der Waals surface area contributed by atoms with Gasteiger partial charge in [-0.05, 0) is 52.9 Å². The zero-order valence-electron chi connectivity index (χ0n) is 11.0. The van der Waals surface area contributed by atoms with E-state index in [2.05, 4.69) is 29.8 Å². The van der Waals surface area contributed by atoms with Crippen molar-refractivity contribution < 1.29 is 4.79 Å². The maximum Gasteiger partial charge on any atom is 0.254 e. The summed E-state index contributed by atoms with van der Waals surface area (Å²) >= 11 is 3.45. The van der Waals surface area contributed by atoms with E-state index in [1.807, 2.05) is 32.2 Å². The Morgan fingerprint density at radius 1 is 1.41 bits per heavy atom. The number of hydrogen-bond donors (Lipinski definition) is 0. The highest BCUT2D eigenvalue weighted by atomic mass is 79.9. The zero-order valence-corrected chi connectivity index (χ0v) is 12.5. The van der Waals surface area contributed by atoms with Gasteiger partial charge in [0.15, 0.2) is 0 Å². The summed E-state index contributed by atoms with van der Waals surface area (Å²) in [7, 11) is 1.86. The van der Waals surface area contributed by atoms with Crippen molar-refractivity contribution in [2.75, 3.05) is 13.6 Å². The lowest BCUT2D eigenvalue weighted by Gasteiger charge is -2.19. The fourth-order valence-corrected chi connectivity index (χ4v) is 2.22. The van der Waals surface area contributed by atoms with E-state index in [1.54, 1.807) is 4.90 Å². The van der Waals surface area contributed by atoms with Crippen LogP contribution in [0.4, 0.5) is 0 Å². The molecule has 0 atom stereocenters. The second-order valence-corrected chi connectivity index (χ2v) is 5.75. The first kappa shape index (κ1) is 14.2. The third kappa shape index (κ3) is 4.15. The van der Waals surface area contributed by atoms with Crippen LogP contribution < -0.4 is 0 Å². The predicted octanol–water partition coefficient (Wildman–Crippen LogP) is 3.88. The van der Waals surface area contributed by atoms with Crippen molar-refractivity contribution in [1.82, 2.24) is 4.90 Å². The van der Waals surface area contributed by atoms with Crippen molar-refractivity contribution in [3.05, 3.63) is 33.8 Å². The molecule has 0 aliphatic heterocycles. The van der Waals surface area contributed by atoms with E-state index >= 15 is 0 Å². The molecule has 1 rings (SSSR count). The molecular weight excluding hydrogens is 278 g/mol. The lowest BCUT2D eigenvalue weighted by molar-refractivity contribution is 0.0788. The molecule has 0 N–H and O–H groups in total. The molecule has 17 heavy (non-hydrogen) atoms. The minimum absolute atomic E-state index is 0.0810. The molecule has 2 nitrogen and oxygen atoms in total. The molecule has 0 saturated heterocycles. The lowest BCUT2D eigenvalue weighted by Crippen LogP contribution is -2.28. The van der Waals surface area contributed by atoms with E-state index in [1.165, 1.54) is 0 Å². The van der Waals surface area contributed by atoms with Gasteiger partial charge in [0.1, 0.15) is 0 Å². The van der Waals surface area contributed by atoms with Crippen LogP contribution in [0.2, 0.25) is 0 Å². The number of carbonyl (C=O) groups is 1. The van der Waals surface area contributed by atoms with E-state index in [-0.39, 0.29) is 5.91 Å².